The molecule has 5 fully saturated rings. The first-order valence-corrected chi connectivity index (χ1v) is 36.6. The van der Waals surface area contributed by atoms with E-state index in [4.69, 9.17) is 16.3 Å². The van der Waals surface area contributed by atoms with Crippen LogP contribution >= 0.6 is 11.6 Å². The summed E-state index contributed by atoms with van der Waals surface area (Å²) in [6.07, 6.45) is -8.96. The van der Waals surface area contributed by atoms with Gasteiger partial charge in [0.25, 0.3) is 0 Å². The number of carbonyl (C=O) groups excluding carboxylic acids is 12. The molecule has 32 heteroatoms. The van der Waals surface area contributed by atoms with Gasteiger partial charge in [0.05, 0.1) is 42.3 Å². The van der Waals surface area contributed by atoms with Crippen LogP contribution in [0.1, 0.15) is 148 Å². The summed E-state index contributed by atoms with van der Waals surface area (Å²) >= 11 is 6.13. The molecule has 5 aliphatic rings. The summed E-state index contributed by atoms with van der Waals surface area (Å²) < 4.78 is 88.8. The first-order valence-electron chi connectivity index (χ1n) is 36.2. The van der Waals surface area contributed by atoms with Crippen LogP contribution in [0.4, 0.5) is 26.3 Å². The maximum absolute atomic E-state index is 15.5. The highest BCUT2D eigenvalue weighted by Gasteiger charge is 2.52. The Morgan fingerprint density at radius 1 is 0.629 bits per heavy atom. The van der Waals surface area contributed by atoms with Crippen LogP contribution in [0.15, 0.2) is 42.5 Å². The molecule has 2 aromatic carbocycles. The van der Waals surface area contributed by atoms with Gasteiger partial charge >= 0.3 is 12.4 Å². The zero-order valence-electron chi connectivity index (χ0n) is 62.3. The highest BCUT2D eigenvalue weighted by molar-refractivity contribution is 6.31. The van der Waals surface area contributed by atoms with Crippen LogP contribution in [0.2, 0.25) is 5.02 Å². The highest BCUT2D eigenvalue weighted by atomic mass is 35.5. The Labute approximate surface area is 615 Å². The standard InChI is InChI=1S/C73H103ClF6N12O13/c1-14-43(5)59-68(102)85(9)45(7)63(97)92-32-28-53(92)66(100)87(11)55(39-47-20-24-48(25-21-47)72(75,76)77)65(99)84(8)41-57(93)81-51(27-23-46-22-26-49(50(74)38-46)73(78,79)80)64(98)91-31-18-19-52(91)62(96)83-71(29-16-17-30-71)70(104)89(13)60(44(6)15-2)69(103)88(12)56(67(101)90-33-35-105-36-34-90)40-58(94)86(10)54(37-42(3)4)61(95)82-59/h20-22,24-26,38,42-45,51-56,59-60H,14-19,23,27-37,39-41H2,1-13H3,(H,81,93)(H,82,95)(H,83,96)/t43-,44-,45-,51-,52-,53-,54-,55-,56-,59-,60-/m0/s1. The molecule has 7 rings (SSSR count). The van der Waals surface area contributed by atoms with Crippen molar-refractivity contribution in [3.8, 4) is 0 Å². The lowest BCUT2D eigenvalue weighted by molar-refractivity contribution is -0.160. The number of amides is 12. The minimum absolute atomic E-state index is 0.00323. The lowest BCUT2D eigenvalue weighted by Crippen LogP contribution is -2.65. The largest absolute Gasteiger partial charge is 0.417 e. The molecular weight excluding hydrogens is 1400 g/mol. The summed E-state index contributed by atoms with van der Waals surface area (Å²) in [6.45, 7) is 11.7. The Kier molecular flexibility index (Phi) is 28.5. The number of morpholine rings is 1. The minimum Gasteiger partial charge on any atom is -0.378 e. The molecule has 3 N–H and O–H groups in total. The maximum Gasteiger partial charge on any atom is 0.417 e. The second-order valence-corrected chi connectivity index (χ2v) is 29.7. The Morgan fingerprint density at radius 2 is 1.24 bits per heavy atom. The number of likely N-dealkylation sites (N-methyl/N-ethyl adjacent to an activating group) is 6. The van der Waals surface area contributed by atoms with Gasteiger partial charge < -0.3 is 64.8 Å². The van der Waals surface area contributed by atoms with Gasteiger partial charge in [-0.1, -0.05) is 97.0 Å². The molecule has 4 heterocycles. The average molecular weight is 1510 g/mol. The molecule has 4 aliphatic heterocycles. The van der Waals surface area contributed by atoms with Crippen molar-refractivity contribution in [1.82, 2.24) is 60.0 Å². The third kappa shape index (κ3) is 19.8. The maximum atomic E-state index is 15.5. The fourth-order valence-electron chi connectivity index (χ4n) is 14.6. The molecule has 12 amide bonds. The van der Waals surface area contributed by atoms with Crippen molar-refractivity contribution in [3.05, 3.63) is 69.7 Å². The number of alkyl halides is 6. The van der Waals surface area contributed by atoms with Gasteiger partial charge in [-0.2, -0.15) is 26.3 Å². The Bertz CT molecular complexity index is 3520. The minimum atomic E-state index is -4.82. The Morgan fingerprint density at radius 3 is 1.80 bits per heavy atom. The zero-order chi connectivity index (χ0) is 78.1. The van der Waals surface area contributed by atoms with E-state index in [1.54, 1.807) is 27.7 Å². The van der Waals surface area contributed by atoms with Crippen molar-refractivity contribution in [2.75, 3.05) is 88.2 Å². The van der Waals surface area contributed by atoms with Crippen LogP contribution in [-0.2, 0) is 87.5 Å². The topological polar surface area (TPSA) is 279 Å². The number of halogens is 7. The molecule has 105 heavy (non-hydrogen) atoms. The van der Waals surface area contributed by atoms with Crippen LogP contribution < -0.4 is 16.0 Å². The van der Waals surface area contributed by atoms with E-state index in [0.717, 1.165) is 62.1 Å². The summed E-state index contributed by atoms with van der Waals surface area (Å²) in [4.78, 5) is 191. The quantitative estimate of drug-likeness (QED) is 0.220. The molecule has 582 valence electrons. The second kappa shape index (κ2) is 35.5. The third-order valence-electron chi connectivity index (χ3n) is 21.8. The number of nitrogens with zero attached hydrogens (tertiary/aromatic N) is 9. The van der Waals surface area contributed by atoms with E-state index in [0.29, 0.717) is 25.7 Å². The summed E-state index contributed by atoms with van der Waals surface area (Å²) in [5.41, 5.74) is -3.43. The van der Waals surface area contributed by atoms with Crippen molar-refractivity contribution in [1.29, 1.82) is 0 Å². The first kappa shape index (κ1) is 84.2. The van der Waals surface area contributed by atoms with E-state index >= 15 is 24.0 Å². The molecule has 1 saturated carbocycles. The Balaban J connectivity index is 1.31. The zero-order valence-corrected chi connectivity index (χ0v) is 63.1. The van der Waals surface area contributed by atoms with Gasteiger partial charge in [0.15, 0.2) is 0 Å². The van der Waals surface area contributed by atoms with Crippen molar-refractivity contribution < 1.29 is 88.6 Å². The lowest BCUT2D eigenvalue weighted by atomic mass is 9.90. The summed E-state index contributed by atoms with van der Waals surface area (Å²) in [5, 5.41) is 7.87. The van der Waals surface area contributed by atoms with Crippen LogP contribution in [0.25, 0.3) is 0 Å². The van der Waals surface area contributed by atoms with Crippen LogP contribution in [0.3, 0.4) is 0 Å². The summed E-state index contributed by atoms with van der Waals surface area (Å²) in [6, 6.07) is -5.58. The molecule has 25 nitrogen and oxygen atoms in total. The smallest absolute Gasteiger partial charge is 0.378 e. The van der Waals surface area contributed by atoms with Crippen molar-refractivity contribution in [2.24, 2.45) is 17.8 Å². The summed E-state index contributed by atoms with van der Waals surface area (Å²) in [7, 11) is 7.95. The van der Waals surface area contributed by atoms with Gasteiger partial charge in [0, 0.05) is 74.9 Å². The van der Waals surface area contributed by atoms with Crippen LogP contribution in [0, 0.1) is 17.8 Å². The normalized spacial score (nSPS) is 26.4. The van der Waals surface area contributed by atoms with Gasteiger partial charge in [-0.25, -0.2) is 0 Å². The number of aryl methyl sites for hydroxylation is 1. The van der Waals surface area contributed by atoms with Crippen LogP contribution in [-0.4, -0.2) is 263 Å². The van der Waals surface area contributed by atoms with Crippen molar-refractivity contribution in [3.63, 3.8) is 0 Å². The molecule has 4 saturated heterocycles. The van der Waals surface area contributed by atoms with E-state index in [1.165, 1.54) is 73.7 Å². The van der Waals surface area contributed by atoms with E-state index in [9.17, 15) is 59.9 Å². The molecule has 2 aromatic rings. The lowest BCUT2D eigenvalue weighted by Gasteiger charge is -2.45. The van der Waals surface area contributed by atoms with E-state index < -0.39 is 191 Å². The average Bonchev–Trinajstić information content (AvgIpc) is 1.64. The number of fused-ring (bicyclic) bond motifs is 2. The number of hydrogen-bond acceptors (Lipinski definition) is 13. The number of benzene rings is 2. The number of carbonyl (C=O) groups is 12. The van der Waals surface area contributed by atoms with Gasteiger partial charge in [-0.3, -0.25) is 57.5 Å². The highest BCUT2D eigenvalue weighted by Crippen LogP contribution is 2.38. The molecule has 0 bridgehead atoms. The number of nitrogens with one attached hydrogen (secondary N) is 3. The second-order valence-electron chi connectivity index (χ2n) is 29.3. The first-order chi connectivity index (χ1) is 49.2. The SMILES string of the molecule is CC[C@H](C)[C@@H]1NC(=O)[C@H](CC(C)C)N(C)C(=O)C[C@@H](C(=O)N2CCOCC2)N(C)C(=O)[C@H]([C@@H](C)CC)N(C)C(=O)C2(CCCC2)NC(=O)[C@@H]2CCCN2C(=O)[C@H](CCc2ccc(C(F)(F)F)c(Cl)c2)NC(=O)CN(C)C(=O)[C@H](Cc2ccc(C(F)(F)F)cc2)N(C)C(=O)[C@@H]2CCN2C(=O)[C@H](C)N(C)C1=O. The number of hydrogen-bond donors (Lipinski definition) is 3. The molecule has 1 spiro atoms. The van der Waals surface area contributed by atoms with E-state index in [1.807, 2.05) is 13.8 Å². The van der Waals surface area contributed by atoms with Crippen molar-refractivity contribution in [2.45, 2.75) is 211 Å². The molecule has 11 atom stereocenters. The fraction of sp³-hybridized carbons (Fsp3) is 0.671. The van der Waals surface area contributed by atoms with E-state index in [-0.39, 0.29) is 108 Å². The van der Waals surface area contributed by atoms with Crippen molar-refractivity contribution >= 4 is 82.5 Å². The molecular formula is C73H103ClF6N12O13. The van der Waals surface area contributed by atoms with Gasteiger partial charge in [0.1, 0.15) is 59.9 Å². The summed E-state index contributed by atoms with van der Waals surface area (Å²) in [5.74, 6) is -10.6. The van der Waals surface area contributed by atoms with Gasteiger partial charge in [-0.15, -0.1) is 0 Å². The fourth-order valence-corrected chi connectivity index (χ4v) is 14.9. The molecule has 0 aromatic heterocycles. The molecule has 0 unspecified atom stereocenters. The van der Waals surface area contributed by atoms with Gasteiger partial charge in [0.2, 0.25) is 70.9 Å². The predicted molar refractivity (Wildman–Crippen MR) is 374 cm³/mol. The van der Waals surface area contributed by atoms with E-state index in [2.05, 4.69) is 16.0 Å². The number of rotatable bonds is 12. The van der Waals surface area contributed by atoms with Crippen LogP contribution in [0.5, 0.6) is 0 Å². The molecule has 1 aliphatic carbocycles. The number of ether oxygens (including phenoxy) is 1. The third-order valence-corrected chi connectivity index (χ3v) is 22.1. The molecule has 0 radical (unpaired) electrons. The predicted octanol–water partition coefficient (Wildman–Crippen LogP) is 5.56. The Hall–Kier alpha value is -8.09. The monoisotopic (exact) mass is 1500 g/mol. The van der Waals surface area contributed by atoms with Gasteiger partial charge in [-0.05, 0) is 111 Å².